The first kappa shape index (κ1) is 27.2. The van der Waals surface area contributed by atoms with Gasteiger partial charge in [-0.25, -0.2) is 0 Å². The molecular formula is C42H24N4OSe. The number of rotatable bonds is 4. The van der Waals surface area contributed by atoms with E-state index in [9.17, 15) is 0 Å². The Morgan fingerprint density at radius 3 is 1.77 bits per heavy atom. The molecule has 0 saturated heterocycles. The van der Waals surface area contributed by atoms with E-state index in [4.69, 9.17) is 24.4 Å². The molecule has 3 aromatic heterocycles. The van der Waals surface area contributed by atoms with Gasteiger partial charge in [0.2, 0.25) is 0 Å². The van der Waals surface area contributed by atoms with E-state index in [-0.39, 0.29) is 14.5 Å². The summed E-state index contributed by atoms with van der Waals surface area (Å²) in [6, 6.07) is 50.3. The Morgan fingerprint density at radius 2 is 1.00 bits per heavy atom. The number of fused-ring (bicyclic) bond motifs is 8. The minimum absolute atomic E-state index is 0.186. The van der Waals surface area contributed by atoms with Crippen LogP contribution in [0.2, 0.25) is 0 Å². The van der Waals surface area contributed by atoms with Crippen LogP contribution in [0.25, 0.3) is 97.6 Å². The second-order valence-electron chi connectivity index (χ2n) is 11.9. The summed E-state index contributed by atoms with van der Waals surface area (Å²) >= 11 is 0.186. The van der Waals surface area contributed by atoms with Crippen molar-refractivity contribution >= 4 is 66.4 Å². The average molecular weight is 680 g/mol. The third-order valence-electron chi connectivity index (χ3n) is 8.93. The van der Waals surface area contributed by atoms with Gasteiger partial charge in [0.25, 0.3) is 0 Å². The first-order chi connectivity index (χ1) is 23.7. The van der Waals surface area contributed by atoms with Gasteiger partial charge in [-0.1, -0.05) is 30.3 Å². The number of aromatic nitrogens is 4. The van der Waals surface area contributed by atoms with Gasteiger partial charge in [-0.3, -0.25) is 0 Å². The van der Waals surface area contributed by atoms with Crippen molar-refractivity contribution in [2.24, 2.45) is 0 Å². The maximum absolute atomic E-state index is 6.28. The molecule has 0 amide bonds. The van der Waals surface area contributed by atoms with Gasteiger partial charge in [0.1, 0.15) is 0 Å². The monoisotopic (exact) mass is 680 g/mol. The van der Waals surface area contributed by atoms with Gasteiger partial charge in [-0.05, 0) is 5.39 Å². The number of benzene rings is 7. The van der Waals surface area contributed by atoms with Gasteiger partial charge in [-0.15, -0.1) is 0 Å². The molecule has 0 saturated carbocycles. The van der Waals surface area contributed by atoms with E-state index in [1.54, 1.807) is 0 Å². The molecule has 0 N–H and O–H groups in total. The molecule has 0 aliphatic carbocycles. The summed E-state index contributed by atoms with van der Waals surface area (Å²) in [7, 11) is 0. The second kappa shape index (κ2) is 10.8. The van der Waals surface area contributed by atoms with Gasteiger partial charge in [0.05, 0.1) is 0 Å². The Hall–Kier alpha value is -5.94. The quantitative estimate of drug-likeness (QED) is 0.173. The van der Waals surface area contributed by atoms with E-state index in [2.05, 4.69) is 84.9 Å². The van der Waals surface area contributed by atoms with Gasteiger partial charge >= 0.3 is 246 Å². The first-order valence-electron chi connectivity index (χ1n) is 15.8. The summed E-state index contributed by atoms with van der Waals surface area (Å²) in [5.74, 6) is 2.59. The first-order valence-corrected chi connectivity index (χ1v) is 17.5. The van der Waals surface area contributed by atoms with Crippen molar-refractivity contribution in [3.63, 3.8) is 0 Å². The van der Waals surface area contributed by atoms with Gasteiger partial charge in [-0.2, -0.15) is 0 Å². The van der Waals surface area contributed by atoms with Crippen LogP contribution in [0.1, 0.15) is 0 Å². The Labute approximate surface area is 280 Å². The predicted molar refractivity (Wildman–Crippen MR) is 196 cm³/mol. The van der Waals surface area contributed by atoms with E-state index in [0.29, 0.717) is 23.4 Å². The topological polar surface area (TPSA) is 64.7 Å². The van der Waals surface area contributed by atoms with Crippen molar-refractivity contribution in [2.45, 2.75) is 0 Å². The van der Waals surface area contributed by atoms with Crippen LogP contribution in [0.5, 0.6) is 0 Å². The summed E-state index contributed by atoms with van der Waals surface area (Å²) in [4.78, 5) is 20.1. The Balaban J connectivity index is 1.16. The number of hydrogen-bond acceptors (Lipinski definition) is 5. The molecule has 0 atom stereocenters. The van der Waals surface area contributed by atoms with Crippen molar-refractivity contribution in [1.82, 2.24) is 19.9 Å². The fourth-order valence-corrected chi connectivity index (χ4v) is 8.95. The van der Waals surface area contributed by atoms with Crippen LogP contribution in [0.3, 0.4) is 0 Å². The van der Waals surface area contributed by atoms with Gasteiger partial charge in [0.15, 0.2) is 0 Å². The van der Waals surface area contributed by atoms with Crippen LogP contribution in [0, 0.1) is 0 Å². The maximum atomic E-state index is 6.28. The van der Waals surface area contributed by atoms with Crippen molar-refractivity contribution < 1.29 is 4.42 Å². The summed E-state index contributed by atoms with van der Waals surface area (Å²) < 4.78 is 8.97. The molecule has 7 aromatic carbocycles. The SMILES string of the molecule is c1ccc(-c2nc(-c3ccc4ccccc4c3)nc(-c3ccc4c(ccc5[se]c6ccc7oc(-c8ccccc8)nc7c6c54)c3)n2)cc1. The van der Waals surface area contributed by atoms with Crippen molar-refractivity contribution in [2.75, 3.05) is 0 Å². The van der Waals surface area contributed by atoms with Crippen LogP contribution < -0.4 is 0 Å². The Kier molecular flexibility index (Phi) is 6.13. The van der Waals surface area contributed by atoms with Crippen LogP contribution in [0.15, 0.2) is 150 Å². The molecular weight excluding hydrogens is 655 g/mol. The molecule has 0 spiro atoms. The summed E-state index contributed by atoms with van der Waals surface area (Å²) in [6.45, 7) is 0. The fraction of sp³-hybridized carbons (Fsp3) is 0. The molecule has 0 fully saturated rings. The molecule has 10 rings (SSSR count). The molecule has 0 radical (unpaired) electrons. The van der Waals surface area contributed by atoms with Crippen LogP contribution in [0.4, 0.5) is 0 Å². The van der Waals surface area contributed by atoms with Crippen molar-refractivity contribution in [3.05, 3.63) is 146 Å². The predicted octanol–water partition coefficient (Wildman–Crippen LogP) is 10.4. The van der Waals surface area contributed by atoms with Crippen molar-refractivity contribution in [1.29, 1.82) is 0 Å². The fourth-order valence-electron chi connectivity index (χ4n) is 6.60. The molecule has 3 heterocycles. The summed E-state index contributed by atoms with van der Waals surface area (Å²) in [5, 5.41) is 7.11. The van der Waals surface area contributed by atoms with E-state index in [1.165, 1.54) is 30.1 Å². The summed E-state index contributed by atoms with van der Waals surface area (Å²) in [6.07, 6.45) is 0. The Morgan fingerprint density at radius 1 is 0.417 bits per heavy atom. The molecule has 0 aliphatic heterocycles. The molecule has 0 bridgehead atoms. The van der Waals surface area contributed by atoms with Crippen LogP contribution in [-0.4, -0.2) is 34.4 Å². The third kappa shape index (κ3) is 4.46. The molecule has 6 heteroatoms. The standard InChI is InChI=1S/C42H24N4OSe/c1-3-10-26(11-4-1)39-44-40(30-16-15-25-9-7-8-14-28(25)23-30)46-41(45-39)31-17-19-32-29(24-31)18-21-34-36(32)37-35(48-34)22-20-33-38(37)43-42(47-33)27-12-5-2-6-13-27/h1-24H. The normalized spacial score (nSPS) is 11.8. The average Bonchev–Trinajstić information content (AvgIpc) is 3.77. The van der Waals surface area contributed by atoms with Crippen LogP contribution in [-0.2, 0) is 0 Å². The zero-order valence-electron chi connectivity index (χ0n) is 25.5. The minimum atomic E-state index is 0.186. The summed E-state index contributed by atoms with van der Waals surface area (Å²) in [5.41, 5.74) is 5.56. The molecule has 10 aromatic rings. The van der Waals surface area contributed by atoms with E-state index in [0.717, 1.165) is 44.1 Å². The van der Waals surface area contributed by atoms with E-state index >= 15 is 0 Å². The number of oxazole rings is 1. The second-order valence-corrected chi connectivity index (χ2v) is 14.2. The van der Waals surface area contributed by atoms with E-state index in [1.807, 2.05) is 60.7 Å². The molecule has 0 unspecified atom stereocenters. The van der Waals surface area contributed by atoms with Gasteiger partial charge in [0, 0.05) is 0 Å². The molecule has 0 aliphatic rings. The van der Waals surface area contributed by atoms with Crippen molar-refractivity contribution in [3.8, 4) is 45.6 Å². The third-order valence-corrected chi connectivity index (χ3v) is 11.3. The molecule has 48 heavy (non-hydrogen) atoms. The Bertz CT molecular complexity index is 2840. The van der Waals surface area contributed by atoms with E-state index < -0.39 is 0 Å². The zero-order chi connectivity index (χ0) is 31.6. The van der Waals surface area contributed by atoms with Gasteiger partial charge < -0.3 is 0 Å². The number of nitrogens with zero attached hydrogens (tertiary/aromatic N) is 4. The number of hydrogen-bond donors (Lipinski definition) is 0. The van der Waals surface area contributed by atoms with Crippen LogP contribution >= 0.6 is 0 Å². The zero-order valence-corrected chi connectivity index (χ0v) is 27.2. The molecule has 224 valence electrons. The molecule has 5 nitrogen and oxygen atoms in total.